The van der Waals surface area contributed by atoms with Crippen LogP contribution in [0.4, 0.5) is 27.9 Å². The largest absolute Gasteiger partial charge is 0.383 e. The average molecular weight is 595 g/mol. The molecule has 0 aliphatic carbocycles. The van der Waals surface area contributed by atoms with E-state index >= 15 is 0 Å². The van der Waals surface area contributed by atoms with Gasteiger partial charge < -0.3 is 43.3 Å². The number of hydrogen-bond acceptors (Lipinski definition) is 13. The number of anilines is 4. The first-order valence-corrected chi connectivity index (χ1v) is 14.7. The predicted octanol–water partition coefficient (Wildman–Crippen LogP) is 1.78. The van der Waals surface area contributed by atoms with Crippen molar-refractivity contribution >= 4 is 34.6 Å². The number of methoxy groups -OCH3 is 5. The minimum absolute atomic E-state index is 0.208. The molecule has 4 heterocycles. The Morgan fingerprint density at radius 2 is 1.07 bits per heavy atom. The van der Waals surface area contributed by atoms with Gasteiger partial charge in [0.15, 0.2) is 11.6 Å². The van der Waals surface area contributed by atoms with Gasteiger partial charge in [0.25, 0.3) is 0 Å². The van der Waals surface area contributed by atoms with E-state index in [4.69, 9.17) is 43.6 Å². The molecule has 1 unspecified atom stereocenters. The Kier molecular flexibility index (Phi) is 12.5. The highest BCUT2D eigenvalue weighted by molar-refractivity contribution is 5.95. The Bertz CT molecular complexity index is 1090. The number of alkyl halides is 1. The molecule has 42 heavy (non-hydrogen) atoms. The fourth-order valence-electron chi connectivity index (χ4n) is 5.33. The summed E-state index contributed by atoms with van der Waals surface area (Å²) in [7, 11) is 8.45. The molecule has 1 atom stereocenters. The fraction of sp³-hybridized carbons (Fsp3) is 0.786. The normalized spacial score (nSPS) is 17.9. The molecule has 14 heteroatoms. The molecule has 236 valence electrons. The maximum atomic E-state index is 14.6. The minimum Gasteiger partial charge on any atom is -0.383 e. The highest BCUT2D eigenvalue weighted by Gasteiger charge is 2.31. The van der Waals surface area contributed by atoms with E-state index in [0.29, 0.717) is 94.3 Å². The topological polar surface area (TPSA) is 111 Å². The first kappa shape index (κ1) is 32.3. The van der Waals surface area contributed by atoms with Gasteiger partial charge in [0, 0.05) is 81.4 Å². The molecule has 2 saturated heterocycles. The van der Waals surface area contributed by atoms with Crippen LogP contribution in [0.25, 0.3) is 11.0 Å². The number of fused-ring (bicyclic) bond motifs is 1. The Labute approximate surface area is 248 Å². The summed E-state index contributed by atoms with van der Waals surface area (Å²) >= 11 is 0. The zero-order chi connectivity index (χ0) is 29.9. The average Bonchev–Trinajstić information content (AvgIpc) is 3.46. The Morgan fingerprint density at radius 1 is 0.643 bits per heavy atom. The smallest absolute Gasteiger partial charge is 0.228 e. The van der Waals surface area contributed by atoms with E-state index in [9.17, 15) is 4.39 Å². The van der Waals surface area contributed by atoms with Gasteiger partial charge in [0.1, 0.15) is 17.2 Å². The number of rotatable bonds is 17. The third kappa shape index (κ3) is 8.04. The third-order valence-corrected chi connectivity index (χ3v) is 7.82. The summed E-state index contributed by atoms with van der Waals surface area (Å²) in [6, 6.07) is 0. The number of hydrogen-bond donors (Lipinski definition) is 0. The first-order valence-electron chi connectivity index (χ1n) is 14.7. The van der Waals surface area contributed by atoms with E-state index < -0.39 is 6.17 Å². The number of piperidine rings is 1. The van der Waals surface area contributed by atoms with Crippen molar-refractivity contribution in [2.24, 2.45) is 0 Å². The van der Waals surface area contributed by atoms with Gasteiger partial charge in [-0.2, -0.15) is 9.97 Å². The SMILES string of the molecule is COCCN(CCOC)c1nc(N2CCC(F)C2)c2nc(N(CCOC)CCOC)nc(N3CCC(OC)CC3)c2n1. The van der Waals surface area contributed by atoms with Crippen molar-refractivity contribution in [2.45, 2.75) is 31.5 Å². The number of ether oxygens (including phenoxy) is 5. The molecule has 0 aromatic carbocycles. The van der Waals surface area contributed by atoms with Gasteiger partial charge in [-0.3, -0.25) is 0 Å². The van der Waals surface area contributed by atoms with Crippen molar-refractivity contribution in [2.75, 3.05) is 134 Å². The second-order valence-electron chi connectivity index (χ2n) is 10.6. The molecule has 0 saturated carbocycles. The zero-order valence-electron chi connectivity index (χ0n) is 25.8. The molecule has 0 bridgehead atoms. The number of halogens is 1. The van der Waals surface area contributed by atoms with E-state index in [2.05, 4.69) is 9.80 Å². The molecule has 4 rings (SSSR count). The Hall–Kier alpha value is -2.65. The lowest BCUT2D eigenvalue weighted by Gasteiger charge is -2.34. The molecule has 0 N–H and O–H groups in total. The van der Waals surface area contributed by atoms with E-state index in [1.807, 2.05) is 9.80 Å². The standard InChI is InChI=1S/C28H47FN8O5/c1-38-16-12-35(13-17-39-2)27-31-24-23(25(32-27)34-10-7-22(42-5)8-11-34)30-28(36(14-18-40-3)15-19-41-4)33-26(24)37-9-6-21(29)20-37/h21-22H,6-20H2,1-5H3. The summed E-state index contributed by atoms with van der Waals surface area (Å²) in [4.78, 5) is 28.6. The van der Waals surface area contributed by atoms with Gasteiger partial charge in [0.05, 0.1) is 39.1 Å². The van der Waals surface area contributed by atoms with Crippen LogP contribution in [0.15, 0.2) is 0 Å². The van der Waals surface area contributed by atoms with Gasteiger partial charge in [0.2, 0.25) is 11.9 Å². The van der Waals surface area contributed by atoms with E-state index in [0.717, 1.165) is 31.7 Å². The quantitative estimate of drug-likeness (QED) is 0.266. The third-order valence-electron chi connectivity index (χ3n) is 7.82. The van der Waals surface area contributed by atoms with Gasteiger partial charge in [-0.05, 0) is 19.3 Å². The predicted molar refractivity (Wildman–Crippen MR) is 161 cm³/mol. The van der Waals surface area contributed by atoms with Gasteiger partial charge in [-0.1, -0.05) is 0 Å². The molecule has 0 amide bonds. The summed E-state index contributed by atoms with van der Waals surface area (Å²) in [5.41, 5.74) is 1.26. The van der Waals surface area contributed by atoms with Crippen LogP contribution in [-0.4, -0.2) is 147 Å². The van der Waals surface area contributed by atoms with Gasteiger partial charge >= 0.3 is 0 Å². The van der Waals surface area contributed by atoms with Gasteiger partial charge in [-0.25, -0.2) is 14.4 Å². The first-order chi connectivity index (χ1) is 20.5. The van der Waals surface area contributed by atoms with Crippen LogP contribution in [0.3, 0.4) is 0 Å². The van der Waals surface area contributed by atoms with Crippen molar-refractivity contribution in [1.29, 1.82) is 0 Å². The number of aromatic nitrogens is 4. The minimum atomic E-state index is -0.926. The molecule has 2 aromatic heterocycles. The fourth-order valence-corrected chi connectivity index (χ4v) is 5.33. The molecule has 0 spiro atoms. The lowest BCUT2D eigenvalue weighted by atomic mass is 10.1. The summed E-state index contributed by atoms with van der Waals surface area (Å²) in [5, 5.41) is 0. The van der Waals surface area contributed by atoms with E-state index in [1.54, 1.807) is 35.5 Å². The van der Waals surface area contributed by atoms with Crippen LogP contribution >= 0.6 is 0 Å². The molecule has 2 aliphatic heterocycles. The molecule has 2 aliphatic rings. The summed E-state index contributed by atoms with van der Waals surface area (Å²) < 4.78 is 41.8. The Morgan fingerprint density at radius 3 is 1.45 bits per heavy atom. The maximum Gasteiger partial charge on any atom is 0.228 e. The molecular weight excluding hydrogens is 547 g/mol. The van der Waals surface area contributed by atoms with Crippen LogP contribution in [0.1, 0.15) is 19.3 Å². The van der Waals surface area contributed by atoms with Gasteiger partial charge in [-0.15, -0.1) is 0 Å². The zero-order valence-corrected chi connectivity index (χ0v) is 25.8. The number of nitrogens with zero attached hydrogens (tertiary/aromatic N) is 8. The van der Waals surface area contributed by atoms with E-state index in [-0.39, 0.29) is 12.6 Å². The van der Waals surface area contributed by atoms with E-state index in [1.165, 1.54) is 0 Å². The van der Waals surface area contributed by atoms with Crippen molar-refractivity contribution in [3.05, 3.63) is 0 Å². The monoisotopic (exact) mass is 594 g/mol. The second-order valence-corrected chi connectivity index (χ2v) is 10.6. The molecule has 2 fully saturated rings. The summed E-state index contributed by atoms with van der Waals surface area (Å²) in [5.74, 6) is 2.42. The van der Waals surface area contributed by atoms with Crippen molar-refractivity contribution < 1.29 is 28.1 Å². The molecule has 0 radical (unpaired) electrons. The van der Waals surface area contributed by atoms with Crippen LogP contribution < -0.4 is 19.6 Å². The highest BCUT2D eigenvalue weighted by atomic mass is 19.1. The summed E-state index contributed by atoms with van der Waals surface area (Å²) in [6.45, 7) is 6.67. The van der Waals surface area contributed by atoms with Crippen molar-refractivity contribution in [3.63, 3.8) is 0 Å². The Balaban J connectivity index is 1.90. The molecular formula is C28H47FN8O5. The lowest BCUT2D eigenvalue weighted by Crippen LogP contribution is -2.38. The van der Waals surface area contributed by atoms with Crippen LogP contribution in [0.2, 0.25) is 0 Å². The maximum absolute atomic E-state index is 14.6. The molecule has 13 nitrogen and oxygen atoms in total. The second kappa shape index (κ2) is 16.3. The highest BCUT2D eigenvalue weighted by Crippen LogP contribution is 2.35. The van der Waals surface area contributed by atoms with Crippen LogP contribution in [0.5, 0.6) is 0 Å². The van der Waals surface area contributed by atoms with Crippen LogP contribution in [0, 0.1) is 0 Å². The van der Waals surface area contributed by atoms with Crippen molar-refractivity contribution in [1.82, 2.24) is 19.9 Å². The molecule has 2 aromatic rings. The van der Waals surface area contributed by atoms with Crippen LogP contribution in [-0.2, 0) is 23.7 Å². The lowest BCUT2D eigenvalue weighted by molar-refractivity contribution is 0.0818. The van der Waals surface area contributed by atoms with Crippen molar-refractivity contribution in [3.8, 4) is 0 Å². The summed E-state index contributed by atoms with van der Waals surface area (Å²) in [6.07, 6.45) is 1.48.